The van der Waals surface area contributed by atoms with Gasteiger partial charge in [0.15, 0.2) is 16.1 Å². The van der Waals surface area contributed by atoms with Crippen molar-refractivity contribution < 1.29 is 24.1 Å². The number of aliphatic hydroxyl groups excluding tert-OH is 2. The Bertz CT molecular complexity index is 153. The average Bonchev–Trinajstić information content (AvgIpc) is 2.35. The summed E-state index contributed by atoms with van der Waals surface area (Å²) in [5.41, 5.74) is 0. The molecule has 6 nitrogen and oxygen atoms in total. The van der Waals surface area contributed by atoms with Gasteiger partial charge in [0.1, 0.15) is 0 Å². The molecule has 0 rings (SSSR count). The third-order valence-corrected chi connectivity index (χ3v) is 3.41. The maximum atomic E-state index is 8.67. The minimum Gasteiger partial charge on any atom is -0.398 e. The van der Waals surface area contributed by atoms with E-state index in [1.807, 2.05) is 7.05 Å². The van der Waals surface area contributed by atoms with Gasteiger partial charge in [-0.1, -0.05) is 0 Å². The minimum absolute atomic E-state index is 0.00762. The third kappa shape index (κ3) is 12.2. The molecule has 0 heterocycles. The van der Waals surface area contributed by atoms with Crippen LogP contribution in [0.1, 0.15) is 6.42 Å². The molecule has 0 spiro atoms. The van der Waals surface area contributed by atoms with Crippen LogP contribution in [0.15, 0.2) is 0 Å². The Morgan fingerprint density at radius 3 is 2.65 bits per heavy atom. The standard InChI is InChI=1S/C10H25NO5Si/c1-11-3-2-8-17-16-10(15-7-5-13)9-14-6-4-12/h10-13H,2-9,17H2,1H3. The van der Waals surface area contributed by atoms with Crippen molar-refractivity contribution in [3.63, 3.8) is 0 Å². The van der Waals surface area contributed by atoms with E-state index in [2.05, 4.69) is 5.32 Å². The molecule has 0 aliphatic rings. The van der Waals surface area contributed by atoms with Gasteiger partial charge in [-0.3, -0.25) is 0 Å². The molecular formula is C10H25NO5Si. The van der Waals surface area contributed by atoms with Crippen molar-refractivity contribution >= 4 is 9.76 Å². The van der Waals surface area contributed by atoms with Gasteiger partial charge in [-0.15, -0.1) is 0 Å². The second-order valence-corrected chi connectivity index (χ2v) is 4.95. The summed E-state index contributed by atoms with van der Waals surface area (Å²) in [6.45, 7) is 1.80. The minimum atomic E-state index is -0.608. The molecule has 0 radical (unpaired) electrons. The SMILES string of the molecule is CNCCC[SiH2]OC(COCCO)OCCO. The second-order valence-electron chi connectivity index (χ2n) is 3.50. The quantitative estimate of drug-likeness (QED) is 0.213. The molecule has 7 heteroatoms. The zero-order valence-electron chi connectivity index (χ0n) is 10.6. The first-order valence-electron chi connectivity index (χ1n) is 6.02. The lowest BCUT2D eigenvalue weighted by Gasteiger charge is -2.18. The highest BCUT2D eigenvalue weighted by molar-refractivity contribution is 6.27. The normalized spacial score (nSPS) is 13.6. The first-order valence-corrected chi connectivity index (χ1v) is 7.60. The molecule has 1 unspecified atom stereocenters. The summed E-state index contributed by atoms with van der Waals surface area (Å²) in [7, 11) is 1.32. The zero-order valence-corrected chi connectivity index (χ0v) is 12.0. The fourth-order valence-corrected chi connectivity index (χ4v) is 2.27. The molecule has 104 valence electrons. The third-order valence-electron chi connectivity index (χ3n) is 2.01. The van der Waals surface area contributed by atoms with Crippen molar-refractivity contribution in [1.82, 2.24) is 5.32 Å². The summed E-state index contributed by atoms with van der Waals surface area (Å²) in [5.74, 6) is 0. The molecule has 3 N–H and O–H groups in total. The zero-order chi connectivity index (χ0) is 12.8. The van der Waals surface area contributed by atoms with Crippen molar-refractivity contribution in [3.05, 3.63) is 0 Å². The Balaban J connectivity index is 3.53. The van der Waals surface area contributed by atoms with Crippen LogP contribution < -0.4 is 5.32 Å². The van der Waals surface area contributed by atoms with E-state index >= 15 is 0 Å². The van der Waals surface area contributed by atoms with Crippen molar-refractivity contribution in [3.8, 4) is 0 Å². The van der Waals surface area contributed by atoms with Crippen molar-refractivity contribution in [2.45, 2.75) is 18.8 Å². The van der Waals surface area contributed by atoms with Crippen LogP contribution in [0.3, 0.4) is 0 Å². The molecule has 1 atom stereocenters. The number of nitrogens with one attached hydrogen (secondary N) is 1. The topological polar surface area (TPSA) is 80.2 Å². The van der Waals surface area contributed by atoms with Crippen molar-refractivity contribution in [1.29, 1.82) is 0 Å². The maximum absolute atomic E-state index is 8.67. The Morgan fingerprint density at radius 2 is 2.00 bits per heavy atom. The monoisotopic (exact) mass is 267 g/mol. The van der Waals surface area contributed by atoms with Gasteiger partial charge in [-0.05, 0) is 26.1 Å². The molecule has 0 bridgehead atoms. The van der Waals surface area contributed by atoms with E-state index in [4.69, 9.17) is 24.1 Å². The largest absolute Gasteiger partial charge is 0.398 e. The summed E-state index contributed by atoms with van der Waals surface area (Å²) >= 11 is 0. The van der Waals surface area contributed by atoms with E-state index in [9.17, 15) is 0 Å². The molecule has 0 aliphatic carbocycles. The molecule has 0 fully saturated rings. The highest BCUT2D eigenvalue weighted by atomic mass is 28.2. The number of aliphatic hydroxyl groups is 2. The smallest absolute Gasteiger partial charge is 0.171 e. The van der Waals surface area contributed by atoms with E-state index in [0.717, 1.165) is 19.0 Å². The average molecular weight is 267 g/mol. The first-order chi connectivity index (χ1) is 8.35. The maximum Gasteiger partial charge on any atom is 0.171 e. The molecule has 0 amide bonds. The first kappa shape index (κ1) is 17.0. The Morgan fingerprint density at radius 1 is 1.24 bits per heavy atom. The summed E-state index contributed by atoms with van der Waals surface area (Å²) in [4.78, 5) is 0. The Kier molecular flexibility index (Phi) is 14.0. The summed E-state index contributed by atoms with van der Waals surface area (Å²) < 4.78 is 16.0. The van der Waals surface area contributed by atoms with E-state index in [1.165, 1.54) is 0 Å². The van der Waals surface area contributed by atoms with E-state index in [0.29, 0.717) is 6.61 Å². The van der Waals surface area contributed by atoms with Gasteiger partial charge in [0.2, 0.25) is 0 Å². The van der Waals surface area contributed by atoms with Crippen LogP contribution in [0.25, 0.3) is 0 Å². The van der Waals surface area contributed by atoms with Gasteiger partial charge in [0, 0.05) is 0 Å². The molecule has 0 saturated heterocycles. The highest BCUT2D eigenvalue weighted by Gasteiger charge is 2.09. The van der Waals surface area contributed by atoms with Crippen LogP contribution in [0.4, 0.5) is 0 Å². The van der Waals surface area contributed by atoms with Crippen LogP contribution in [0, 0.1) is 0 Å². The molecule has 0 aromatic rings. The lowest BCUT2D eigenvalue weighted by atomic mass is 10.5. The summed E-state index contributed by atoms with van der Waals surface area (Å²) in [6, 6.07) is 1.08. The second kappa shape index (κ2) is 14.0. The van der Waals surface area contributed by atoms with Crippen LogP contribution >= 0.6 is 0 Å². The van der Waals surface area contributed by atoms with Gasteiger partial charge < -0.3 is 29.4 Å². The fourth-order valence-electron chi connectivity index (χ4n) is 1.19. The lowest BCUT2D eigenvalue weighted by Crippen LogP contribution is -2.27. The number of hydrogen-bond donors (Lipinski definition) is 3. The molecular weight excluding hydrogens is 242 g/mol. The van der Waals surface area contributed by atoms with Crippen molar-refractivity contribution in [2.75, 3.05) is 46.6 Å². The summed E-state index contributed by atoms with van der Waals surface area (Å²) in [5, 5.41) is 20.3. The van der Waals surface area contributed by atoms with Crippen LogP contribution in [-0.2, 0) is 13.9 Å². The van der Waals surface area contributed by atoms with Crippen molar-refractivity contribution in [2.24, 2.45) is 0 Å². The van der Waals surface area contributed by atoms with Gasteiger partial charge in [-0.25, -0.2) is 0 Å². The van der Waals surface area contributed by atoms with E-state index in [1.54, 1.807) is 0 Å². The number of ether oxygens (including phenoxy) is 2. The van der Waals surface area contributed by atoms with E-state index in [-0.39, 0.29) is 26.4 Å². The van der Waals surface area contributed by atoms with E-state index < -0.39 is 16.1 Å². The Hall–Kier alpha value is -0.0231. The predicted molar refractivity (Wildman–Crippen MR) is 67.7 cm³/mol. The molecule has 0 saturated carbocycles. The van der Waals surface area contributed by atoms with Gasteiger partial charge in [0.05, 0.1) is 33.0 Å². The van der Waals surface area contributed by atoms with Crippen LogP contribution in [0.2, 0.25) is 6.04 Å². The van der Waals surface area contributed by atoms with Gasteiger partial charge >= 0.3 is 0 Å². The number of rotatable bonds is 13. The fraction of sp³-hybridized carbons (Fsp3) is 1.00. The summed E-state index contributed by atoms with van der Waals surface area (Å²) in [6.07, 6.45) is 0.697. The highest BCUT2D eigenvalue weighted by Crippen LogP contribution is 1.98. The van der Waals surface area contributed by atoms with Gasteiger partial charge in [0.25, 0.3) is 0 Å². The Labute approximate surface area is 105 Å². The number of hydrogen-bond acceptors (Lipinski definition) is 6. The molecule has 0 aromatic heterocycles. The molecule has 0 aromatic carbocycles. The predicted octanol–water partition coefficient (Wildman–Crippen LogP) is -1.54. The molecule has 17 heavy (non-hydrogen) atoms. The molecule has 0 aliphatic heterocycles. The van der Waals surface area contributed by atoms with Crippen LogP contribution in [-0.4, -0.2) is 72.9 Å². The lowest BCUT2D eigenvalue weighted by molar-refractivity contribution is -0.129. The van der Waals surface area contributed by atoms with Crippen LogP contribution in [0.5, 0.6) is 0 Å². The van der Waals surface area contributed by atoms with Gasteiger partial charge in [-0.2, -0.15) is 0 Å².